The lowest BCUT2D eigenvalue weighted by atomic mass is 10.3. The molecule has 0 saturated carbocycles. The van der Waals surface area contributed by atoms with Gasteiger partial charge >= 0.3 is 0 Å². The van der Waals surface area contributed by atoms with Crippen LogP contribution in [-0.4, -0.2) is 62.5 Å². The van der Waals surface area contributed by atoms with E-state index in [9.17, 15) is 24.0 Å². The molecule has 2 aliphatic heterocycles. The van der Waals surface area contributed by atoms with Gasteiger partial charge in [-0.1, -0.05) is 23.5 Å². The second-order valence-corrected chi connectivity index (χ2v) is 5.46. The number of rotatable bonds is 4. The summed E-state index contributed by atoms with van der Waals surface area (Å²) in [4.78, 5) is 58.3. The summed E-state index contributed by atoms with van der Waals surface area (Å²) >= 11 is 1.67. The fraction of sp³-hybridized carbons (Fsp3) is 0.444. The van der Waals surface area contributed by atoms with E-state index in [-0.39, 0.29) is 24.6 Å². The average Bonchev–Trinajstić information content (AvgIpc) is 2.79. The molecule has 0 N–H and O–H groups in total. The summed E-state index contributed by atoms with van der Waals surface area (Å²) in [6.45, 7) is -0.765. The normalized spacial score (nSPS) is 20.2. The van der Waals surface area contributed by atoms with E-state index < -0.39 is 28.1 Å². The lowest BCUT2D eigenvalue weighted by Gasteiger charge is -2.15. The van der Waals surface area contributed by atoms with Crippen molar-refractivity contribution in [2.75, 3.05) is 24.6 Å². The number of nitrogens with zero attached hydrogens (tertiary/aromatic N) is 2. The van der Waals surface area contributed by atoms with Gasteiger partial charge < -0.3 is 0 Å². The Hall–Kier alpha value is -1.35. The van der Waals surface area contributed by atoms with Gasteiger partial charge in [0.25, 0.3) is 10.5 Å². The van der Waals surface area contributed by atoms with E-state index in [0.29, 0.717) is 0 Å². The zero-order chi connectivity index (χ0) is 13.3. The fourth-order valence-corrected chi connectivity index (χ4v) is 2.92. The van der Waals surface area contributed by atoms with E-state index >= 15 is 0 Å². The number of amides is 4. The highest BCUT2D eigenvalue weighted by Gasteiger charge is 2.35. The summed E-state index contributed by atoms with van der Waals surface area (Å²) in [5.74, 6) is -1.30. The van der Waals surface area contributed by atoms with Gasteiger partial charge in [-0.05, 0) is 0 Å². The number of carbonyl (C=O) groups excluding carboxylic acids is 5. The summed E-state index contributed by atoms with van der Waals surface area (Å²) in [6.07, 6.45) is 0. The zero-order valence-electron chi connectivity index (χ0n) is 9.08. The lowest BCUT2D eigenvalue weighted by molar-refractivity contribution is -0.132. The summed E-state index contributed by atoms with van der Waals surface area (Å²) in [5.41, 5.74) is 0. The molecule has 0 spiro atoms. The van der Waals surface area contributed by atoms with Crippen molar-refractivity contribution in [2.45, 2.75) is 0 Å². The van der Waals surface area contributed by atoms with Gasteiger partial charge in [-0.3, -0.25) is 33.8 Å². The van der Waals surface area contributed by atoms with Gasteiger partial charge in [-0.2, -0.15) is 0 Å². The minimum Gasteiger partial charge on any atom is -0.296 e. The number of hydrogen-bond acceptors (Lipinski definition) is 7. The molecule has 2 saturated heterocycles. The Bertz CT molecular complexity index is 392. The fourth-order valence-electron chi connectivity index (χ4n) is 1.47. The van der Waals surface area contributed by atoms with Crippen molar-refractivity contribution in [3.05, 3.63) is 0 Å². The topological polar surface area (TPSA) is 91.8 Å². The van der Waals surface area contributed by atoms with Crippen LogP contribution in [0.1, 0.15) is 0 Å². The molecular formula is C9H8N2O5S2. The molecule has 2 heterocycles. The molecule has 2 rings (SSSR count). The highest BCUT2D eigenvalue weighted by Crippen LogP contribution is 2.20. The Labute approximate surface area is 110 Å². The third-order valence-corrected chi connectivity index (χ3v) is 4.07. The first kappa shape index (κ1) is 13.1. The first-order chi connectivity index (χ1) is 8.49. The number of carbonyl (C=O) groups is 5. The molecule has 9 heteroatoms. The van der Waals surface area contributed by atoms with Crippen molar-refractivity contribution < 1.29 is 24.0 Å². The zero-order valence-corrected chi connectivity index (χ0v) is 10.7. The number of Topliss-reactive ketones (excluding diaryl/α,β-unsaturated/α-hetero) is 1. The van der Waals surface area contributed by atoms with Crippen LogP contribution in [0.5, 0.6) is 0 Å². The van der Waals surface area contributed by atoms with E-state index in [1.807, 2.05) is 0 Å². The Morgan fingerprint density at radius 3 is 1.56 bits per heavy atom. The van der Waals surface area contributed by atoms with Crippen molar-refractivity contribution in [3.8, 4) is 0 Å². The van der Waals surface area contributed by atoms with Crippen LogP contribution in [0.4, 0.5) is 9.59 Å². The molecule has 0 radical (unpaired) electrons. The predicted octanol–water partition coefficient (Wildman–Crippen LogP) is -0.0537. The summed E-state index contributed by atoms with van der Waals surface area (Å²) in [6, 6.07) is 0. The molecule has 0 bridgehead atoms. The van der Waals surface area contributed by atoms with E-state index in [2.05, 4.69) is 0 Å². The van der Waals surface area contributed by atoms with Crippen molar-refractivity contribution in [1.29, 1.82) is 0 Å². The second kappa shape index (κ2) is 5.11. The number of ketones is 1. The predicted molar refractivity (Wildman–Crippen MR) is 64.1 cm³/mol. The quantitative estimate of drug-likeness (QED) is 0.716. The Balaban J connectivity index is 1.93. The maximum Gasteiger partial charge on any atom is 0.289 e. The number of hydrogen-bond donors (Lipinski definition) is 0. The standard InChI is InChI=1S/C9H8N2O5S2/c12-5(1-10-6(13)3-17-8(10)15)2-11-7(14)4-18-9(11)16/h1-4H2. The van der Waals surface area contributed by atoms with Gasteiger partial charge in [0.1, 0.15) is 0 Å². The summed E-state index contributed by atoms with van der Waals surface area (Å²) in [5, 5.41) is -0.941. The monoisotopic (exact) mass is 288 g/mol. The smallest absolute Gasteiger partial charge is 0.289 e. The number of thioether (sulfide) groups is 2. The molecule has 18 heavy (non-hydrogen) atoms. The summed E-state index contributed by atoms with van der Waals surface area (Å²) < 4.78 is 0. The molecule has 0 aromatic heterocycles. The lowest BCUT2D eigenvalue weighted by Crippen LogP contribution is -2.41. The molecule has 4 amide bonds. The van der Waals surface area contributed by atoms with Crippen LogP contribution in [0.25, 0.3) is 0 Å². The average molecular weight is 288 g/mol. The highest BCUT2D eigenvalue weighted by molar-refractivity contribution is 8.15. The largest absolute Gasteiger partial charge is 0.296 e. The number of imide groups is 2. The summed E-state index contributed by atoms with van der Waals surface area (Å²) in [7, 11) is 0. The Morgan fingerprint density at radius 1 is 0.889 bits per heavy atom. The van der Waals surface area contributed by atoms with E-state index in [1.165, 1.54) is 0 Å². The van der Waals surface area contributed by atoms with Crippen molar-refractivity contribution >= 4 is 51.6 Å². The molecule has 2 aliphatic rings. The molecule has 0 aliphatic carbocycles. The molecule has 0 aromatic rings. The van der Waals surface area contributed by atoms with Crippen molar-refractivity contribution in [1.82, 2.24) is 9.80 Å². The van der Waals surface area contributed by atoms with Gasteiger partial charge in [0.15, 0.2) is 5.78 Å². The minimum absolute atomic E-state index is 0.0313. The van der Waals surface area contributed by atoms with E-state index in [4.69, 9.17) is 0 Å². The minimum atomic E-state index is -0.511. The maximum atomic E-state index is 11.6. The maximum absolute atomic E-state index is 11.6. The Kier molecular flexibility index (Phi) is 3.71. The first-order valence-electron chi connectivity index (χ1n) is 4.95. The van der Waals surface area contributed by atoms with Crippen LogP contribution in [0.2, 0.25) is 0 Å². The molecule has 0 atom stereocenters. The van der Waals surface area contributed by atoms with Gasteiger partial charge in [0.2, 0.25) is 11.8 Å². The second-order valence-electron chi connectivity index (χ2n) is 3.61. The molecule has 0 unspecified atom stereocenters. The van der Waals surface area contributed by atoms with Crippen LogP contribution in [-0.2, 0) is 14.4 Å². The van der Waals surface area contributed by atoms with Gasteiger partial charge in [-0.15, -0.1) is 0 Å². The molecule has 7 nitrogen and oxygen atoms in total. The van der Waals surface area contributed by atoms with Crippen LogP contribution in [0.3, 0.4) is 0 Å². The molecule has 96 valence electrons. The Morgan fingerprint density at radius 2 is 1.28 bits per heavy atom. The van der Waals surface area contributed by atoms with Crippen LogP contribution in [0, 0.1) is 0 Å². The van der Waals surface area contributed by atoms with Crippen LogP contribution < -0.4 is 0 Å². The van der Waals surface area contributed by atoms with E-state index in [1.54, 1.807) is 0 Å². The van der Waals surface area contributed by atoms with Crippen LogP contribution >= 0.6 is 23.5 Å². The van der Waals surface area contributed by atoms with Gasteiger partial charge in [0, 0.05) is 0 Å². The highest BCUT2D eigenvalue weighted by atomic mass is 32.2. The van der Waals surface area contributed by atoms with E-state index in [0.717, 1.165) is 33.3 Å². The molecular weight excluding hydrogens is 280 g/mol. The van der Waals surface area contributed by atoms with Crippen molar-refractivity contribution in [3.63, 3.8) is 0 Å². The van der Waals surface area contributed by atoms with Crippen LogP contribution in [0.15, 0.2) is 0 Å². The third kappa shape index (κ3) is 2.56. The van der Waals surface area contributed by atoms with Gasteiger partial charge in [0.05, 0.1) is 24.6 Å². The molecule has 2 fully saturated rings. The third-order valence-electron chi connectivity index (χ3n) is 2.35. The first-order valence-corrected chi connectivity index (χ1v) is 6.92. The van der Waals surface area contributed by atoms with Gasteiger partial charge in [-0.25, -0.2) is 0 Å². The molecule has 0 aromatic carbocycles. The van der Waals surface area contributed by atoms with Crippen molar-refractivity contribution in [2.24, 2.45) is 0 Å². The SMILES string of the molecule is O=C(CN1C(=O)CSC1=O)CN1C(=O)CSC1=O.